The Bertz CT molecular complexity index is 633. The van der Waals surface area contributed by atoms with Gasteiger partial charge in [-0.15, -0.1) is 0 Å². The van der Waals surface area contributed by atoms with Crippen LogP contribution >= 0.6 is 0 Å². The highest BCUT2D eigenvalue weighted by molar-refractivity contribution is 5.95. The molecule has 1 heterocycles. The van der Waals surface area contributed by atoms with E-state index in [-0.39, 0.29) is 37.2 Å². The van der Waals surface area contributed by atoms with Gasteiger partial charge in [0.15, 0.2) is 0 Å². The molecule has 3 amide bonds. The van der Waals surface area contributed by atoms with Crippen LogP contribution in [0.1, 0.15) is 19.3 Å². The summed E-state index contributed by atoms with van der Waals surface area (Å²) >= 11 is 0. The van der Waals surface area contributed by atoms with Crippen LogP contribution < -0.4 is 10.6 Å². The van der Waals surface area contributed by atoms with Crippen LogP contribution in [0.25, 0.3) is 0 Å². The summed E-state index contributed by atoms with van der Waals surface area (Å²) in [5.41, 5.74) is 6.00. The van der Waals surface area contributed by atoms with Crippen LogP contribution in [0.5, 0.6) is 0 Å². The topological polar surface area (TPSA) is 87.0 Å². The minimum absolute atomic E-state index is 0.0673. The molecule has 1 aliphatic rings. The third-order valence-corrected chi connectivity index (χ3v) is 4.61. The third kappa shape index (κ3) is 5.56. The Balaban J connectivity index is 2.03. The summed E-state index contributed by atoms with van der Waals surface area (Å²) in [5.74, 6) is -0.484. The molecule has 0 aromatic heterocycles. The van der Waals surface area contributed by atoms with Gasteiger partial charge in [0, 0.05) is 39.3 Å². The number of amides is 3. The van der Waals surface area contributed by atoms with E-state index >= 15 is 0 Å². The van der Waals surface area contributed by atoms with Crippen LogP contribution in [0.4, 0.5) is 5.69 Å². The molecule has 1 aliphatic heterocycles. The number of rotatable bonds is 7. The first kappa shape index (κ1) is 19.9. The molecule has 7 heteroatoms. The molecule has 0 saturated carbocycles. The van der Waals surface area contributed by atoms with Crippen molar-refractivity contribution >= 4 is 23.4 Å². The number of carbonyl (C=O) groups excluding carboxylic acids is 3. The smallest absolute Gasteiger partial charge is 0.241 e. The molecule has 1 atom stereocenters. The van der Waals surface area contributed by atoms with Crippen molar-refractivity contribution in [2.45, 2.75) is 19.3 Å². The van der Waals surface area contributed by atoms with Gasteiger partial charge in [0.1, 0.15) is 0 Å². The predicted octanol–water partition coefficient (Wildman–Crippen LogP) is 0.695. The summed E-state index contributed by atoms with van der Waals surface area (Å²) in [6.45, 7) is 1.86. The molecule has 2 N–H and O–H groups in total. The van der Waals surface area contributed by atoms with E-state index < -0.39 is 5.91 Å². The molecular formula is C19H28N4O3. The van der Waals surface area contributed by atoms with E-state index in [1.807, 2.05) is 35.2 Å². The van der Waals surface area contributed by atoms with Crippen LogP contribution in [0, 0.1) is 5.92 Å². The summed E-state index contributed by atoms with van der Waals surface area (Å²) in [6.07, 6.45) is 1.86. The fourth-order valence-corrected chi connectivity index (χ4v) is 3.27. The second-order valence-electron chi connectivity index (χ2n) is 6.90. The van der Waals surface area contributed by atoms with E-state index in [0.29, 0.717) is 6.54 Å². The average molecular weight is 360 g/mol. The SMILES string of the molecule is CN(C)C(=O)C1CCCN(CC(=O)N(CCC(N)=O)c2ccccc2)C1. The molecule has 0 bridgehead atoms. The van der Waals surface area contributed by atoms with Crippen LogP contribution in [-0.4, -0.2) is 67.8 Å². The lowest BCUT2D eigenvalue weighted by atomic mass is 9.96. The highest BCUT2D eigenvalue weighted by Gasteiger charge is 2.29. The van der Waals surface area contributed by atoms with Crippen LogP contribution in [0.2, 0.25) is 0 Å². The maximum absolute atomic E-state index is 12.9. The molecule has 7 nitrogen and oxygen atoms in total. The lowest BCUT2D eigenvalue weighted by molar-refractivity contribution is -0.135. The number of hydrogen-bond acceptors (Lipinski definition) is 4. The van der Waals surface area contributed by atoms with E-state index in [9.17, 15) is 14.4 Å². The van der Waals surface area contributed by atoms with E-state index in [0.717, 1.165) is 25.1 Å². The van der Waals surface area contributed by atoms with Gasteiger partial charge >= 0.3 is 0 Å². The molecule has 1 unspecified atom stereocenters. The van der Waals surface area contributed by atoms with Crippen molar-refractivity contribution in [2.24, 2.45) is 11.7 Å². The zero-order chi connectivity index (χ0) is 19.1. The minimum atomic E-state index is -0.437. The van der Waals surface area contributed by atoms with Crippen LogP contribution in [0.15, 0.2) is 30.3 Å². The highest BCUT2D eigenvalue weighted by atomic mass is 16.2. The minimum Gasteiger partial charge on any atom is -0.370 e. The van der Waals surface area contributed by atoms with Gasteiger partial charge in [-0.25, -0.2) is 0 Å². The van der Waals surface area contributed by atoms with Gasteiger partial charge in [-0.2, -0.15) is 0 Å². The molecular weight excluding hydrogens is 332 g/mol. The normalized spacial score (nSPS) is 17.5. The summed E-state index contributed by atoms with van der Waals surface area (Å²) in [5, 5.41) is 0. The maximum atomic E-state index is 12.9. The molecule has 2 rings (SSSR count). The third-order valence-electron chi connectivity index (χ3n) is 4.61. The van der Waals surface area contributed by atoms with Crippen LogP contribution in [0.3, 0.4) is 0 Å². The maximum Gasteiger partial charge on any atom is 0.241 e. The summed E-state index contributed by atoms with van der Waals surface area (Å²) in [4.78, 5) is 41.5. The molecule has 1 saturated heterocycles. The van der Waals surface area contributed by atoms with Crippen molar-refractivity contribution in [2.75, 3.05) is 45.2 Å². The lowest BCUT2D eigenvalue weighted by Crippen LogP contribution is -2.47. The Hall–Kier alpha value is -2.41. The molecule has 0 spiro atoms. The fraction of sp³-hybridized carbons (Fsp3) is 0.526. The Kier molecular flexibility index (Phi) is 7.15. The average Bonchev–Trinajstić information content (AvgIpc) is 2.62. The van der Waals surface area contributed by atoms with E-state index in [2.05, 4.69) is 0 Å². The molecule has 0 radical (unpaired) electrons. The van der Waals surface area contributed by atoms with Crippen LogP contribution in [-0.2, 0) is 14.4 Å². The van der Waals surface area contributed by atoms with Crippen molar-refractivity contribution < 1.29 is 14.4 Å². The largest absolute Gasteiger partial charge is 0.370 e. The standard InChI is InChI=1S/C19H28N4O3/c1-21(2)19(26)15-7-6-11-22(13-15)14-18(25)23(12-10-17(20)24)16-8-4-3-5-9-16/h3-5,8-9,15H,6-7,10-14H2,1-2H3,(H2,20,24). The quantitative estimate of drug-likeness (QED) is 0.775. The number of nitrogens with two attached hydrogens (primary N) is 1. The number of piperidine rings is 1. The van der Waals surface area contributed by atoms with Gasteiger partial charge < -0.3 is 15.5 Å². The molecule has 1 fully saturated rings. The number of anilines is 1. The fourth-order valence-electron chi connectivity index (χ4n) is 3.27. The van der Waals surface area contributed by atoms with Gasteiger partial charge in [-0.1, -0.05) is 18.2 Å². The Morgan fingerprint density at radius 2 is 1.88 bits per heavy atom. The number of hydrogen-bond donors (Lipinski definition) is 1. The second-order valence-corrected chi connectivity index (χ2v) is 6.90. The van der Waals surface area contributed by atoms with Gasteiger partial charge in [0.25, 0.3) is 0 Å². The molecule has 26 heavy (non-hydrogen) atoms. The highest BCUT2D eigenvalue weighted by Crippen LogP contribution is 2.19. The van der Waals surface area contributed by atoms with Gasteiger partial charge in [-0.05, 0) is 31.5 Å². The lowest BCUT2D eigenvalue weighted by Gasteiger charge is -2.34. The van der Waals surface area contributed by atoms with Gasteiger partial charge in [0.2, 0.25) is 17.7 Å². The van der Waals surface area contributed by atoms with E-state index in [1.165, 1.54) is 0 Å². The van der Waals surface area contributed by atoms with Gasteiger partial charge in [-0.3, -0.25) is 19.3 Å². The first-order valence-electron chi connectivity index (χ1n) is 8.95. The van der Waals surface area contributed by atoms with E-state index in [1.54, 1.807) is 23.9 Å². The first-order chi connectivity index (χ1) is 12.4. The van der Waals surface area contributed by atoms with Crippen molar-refractivity contribution in [3.8, 4) is 0 Å². The van der Waals surface area contributed by atoms with Gasteiger partial charge in [0.05, 0.1) is 12.5 Å². The Morgan fingerprint density at radius 1 is 1.19 bits per heavy atom. The Labute approximate surface area is 154 Å². The number of nitrogens with zero attached hydrogens (tertiary/aromatic N) is 3. The number of benzene rings is 1. The van der Waals surface area contributed by atoms with Crippen molar-refractivity contribution in [1.82, 2.24) is 9.80 Å². The predicted molar refractivity (Wildman–Crippen MR) is 100 cm³/mol. The van der Waals surface area contributed by atoms with Crippen molar-refractivity contribution in [1.29, 1.82) is 0 Å². The van der Waals surface area contributed by atoms with E-state index in [4.69, 9.17) is 5.73 Å². The monoisotopic (exact) mass is 360 g/mol. The number of primary amides is 1. The molecule has 0 aliphatic carbocycles. The summed E-state index contributed by atoms with van der Waals surface area (Å²) < 4.78 is 0. The second kappa shape index (κ2) is 9.33. The molecule has 142 valence electrons. The number of para-hydroxylation sites is 1. The zero-order valence-corrected chi connectivity index (χ0v) is 15.6. The van der Waals surface area contributed by atoms with Crippen molar-refractivity contribution in [3.05, 3.63) is 30.3 Å². The molecule has 1 aromatic carbocycles. The van der Waals surface area contributed by atoms with Crippen molar-refractivity contribution in [3.63, 3.8) is 0 Å². The zero-order valence-electron chi connectivity index (χ0n) is 15.6. The number of likely N-dealkylation sites (tertiary alicyclic amines) is 1. The first-order valence-corrected chi connectivity index (χ1v) is 8.95. The number of carbonyl (C=O) groups is 3. The summed E-state index contributed by atoms with van der Waals surface area (Å²) in [7, 11) is 3.51. The molecule has 1 aromatic rings. The summed E-state index contributed by atoms with van der Waals surface area (Å²) in [6, 6.07) is 9.27. The Morgan fingerprint density at radius 3 is 2.50 bits per heavy atom.